The lowest BCUT2D eigenvalue weighted by atomic mass is 9.91. The monoisotopic (exact) mass is 459 g/mol. The number of rotatable bonds is 6. The van der Waals surface area contributed by atoms with Gasteiger partial charge in [-0.3, -0.25) is 19.3 Å². The van der Waals surface area contributed by atoms with Crippen molar-refractivity contribution in [2.24, 2.45) is 0 Å². The molecule has 5 rings (SSSR count). The van der Waals surface area contributed by atoms with Crippen molar-refractivity contribution in [3.63, 3.8) is 0 Å². The van der Waals surface area contributed by atoms with Crippen molar-refractivity contribution in [1.29, 1.82) is 0 Å². The van der Waals surface area contributed by atoms with Gasteiger partial charge in [-0.05, 0) is 53.6 Å². The third-order valence-corrected chi connectivity index (χ3v) is 6.17. The zero-order valence-electron chi connectivity index (χ0n) is 18.3. The van der Waals surface area contributed by atoms with Crippen molar-refractivity contribution in [3.8, 4) is 5.69 Å². The van der Waals surface area contributed by atoms with Gasteiger partial charge in [-0.15, -0.1) is 5.10 Å². The topological polar surface area (TPSA) is 130 Å². The summed E-state index contributed by atoms with van der Waals surface area (Å²) in [7, 11) is 0. The molecule has 2 saturated heterocycles. The molecule has 4 amide bonds. The van der Waals surface area contributed by atoms with E-state index in [9.17, 15) is 19.2 Å². The van der Waals surface area contributed by atoms with Crippen LogP contribution in [0.15, 0.2) is 54.9 Å². The van der Waals surface area contributed by atoms with Gasteiger partial charge in [0.25, 0.3) is 5.91 Å². The molecule has 3 aromatic rings. The van der Waals surface area contributed by atoms with E-state index in [0.29, 0.717) is 35.5 Å². The first-order chi connectivity index (χ1) is 16.4. The zero-order chi connectivity index (χ0) is 23.9. The first-order valence-electron chi connectivity index (χ1n) is 10.8. The van der Waals surface area contributed by atoms with Crippen molar-refractivity contribution < 1.29 is 19.2 Å². The summed E-state index contributed by atoms with van der Waals surface area (Å²) < 4.78 is 1.44. The average molecular weight is 459 g/mol. The second-order valence-corrected chi connectivity index (χ2v) is 8.37. The Bertz CT molecular complexity index is 1310. The van der Waals surface area contributed by atoms with Gasteiger partial charge in [0.15, 0.2) is 5.78 Å². The molecule has 1 N–H and O–H groups in total. The summed E-state index contributed by atoms with van der Waals surface area (Å²) in [5.41, 5.74) is 0.754. The first kappa shape index (κ1) is 21.4. The van der Waals surface area contributed by atoms with Crippen LogP contribution in [0, 0.1) is 0 Å². The van der Waals surface area contributed by atoms with E-state index < -0.39 is 29.8 Å². The van der Waals surface area contributed by atoms with Crippen molar-refractivity contribution in [2.45, 2.75) is 25.3 Å². The highest BCUT2D eigenvalue weighted by atomic mass is 16.2. The van der Waals surface area contributed by atoms with E-state index in [2.05, 4.69) is 20.8 Å². The SMILES string of the molecule is C[C@]1(c2cccc(-n3cnnn3)c2)NC(=O)N(CC(=O)c2cccc(N3CCCC3=O)c2)C1=O. The number of aromatic nitrogens is 4. The van der Waals surface area contributed by atoms with E-state index in [-0.39, 0.29) is 5.91 Å². The molecule has 172 valence electrons. The fourth-order valence-electron chi connectivity index (χ4n) is 4.28. The van der Waals surface area contributed by atoms with Crippen molar-refractivity contribution >= 4 is 29.3 Å². The van der Waals surface area contributed by atoms with Crippen molar-refractivity contribution in [2.75, 3.05) is 18.0 Å². The Morgan fingerprint density at radius 2 is 1.88 bits per heavy atom. The Balaban J connectivity index is 1.37. The number of hydrogen-bond acceptors (Lipinski definition) is 7. The third kappa shape index (κ3) is 3.60. The number of hydrogen-bond donors (Lipinski definition) is 1. The molecule has 0 unspecified atom stereocenters. The molecule has 1 atom stereocenters. The van der Waals surface area contributed by atoms with E-state index in [0.717, 1.165) is 11.3 Å². The second kappa shape index (κ2) is 8.18. The number of nitrogens with zero attached hydrogens (tertiary/aromatic N) is 6. The maximum atomic E-state index is 13.3. The minimum Gasteiger partial charge on any atom is -0.319 e. The van der Waals surface area contributed by atoms with Crippen LogP contribution in [-0.2, 0) is 15.1 Å². The normalized spacial score (nSPS) is 20.2. The summed E-state index contributed by atoms with van der Waals surface area (Å²) in [5, 5.41) is 13.8. The Morgan fingerprint density at radius 3 is 2.62 bits per heavy atom. The van der Waals surface area contributed by atoms with E-state index >= 15 is 0 Å². The number of tetrazole rings is 1. The third-order valence-electron chi connectivity index (χ3n) is 6.17. The minimum atomic E-state index is -1.36. The lowest BCUT2D eigenvalue weighted by Crippen LogP contribution is -2.41. The van der Waals surface area contributed by atoms with Gasteiger partial charge >= 0.3 is 6.03 Å². The number of amides is 4. The number of anilines is 1. The maximum absolute atomic E-state index is 13.3. The molecule has 0 aliphatic carbocycles. The van der Waals surface area contributed by atoms with Crippen LogP contribution >= 0.6 is 0 Å². The van der Waals surface area contributed by atoms with Gasteiger partial charge in [-0.1, -0.05) is 24.3 Å². The van der Waals surface area contributed by atoms with Crippen LogP contribution in [0.25, 0.3) is 5.69 Å². The van der Waals surface area contributed by atoms with E-state index in [1.807, 2.05) is 0 Å². The number of Topliss-reactive ketones (excluding diaryl/α,β-unsaturated/α-hetero) is 1. The molecule has 0 radical (unpaired) electrons. The molecule has 0 spiro atoms. The number of ketones is 1. The van der Waals surface area contributed by atoms with Crippen LogP contribution in [-0.4, -0.2) is 61.8 Å². The summed E-state index contributed by atoms with van der Waals surface area (Å²) in [6.45, 7) is 1.78. The van der Waals surface area contributed by atoms with Crippen LogP contribution < -0.4 is 10.2 Å². The average Bonchev–Trinajstić information content (AvgIpc) is 3.57. The van der Waals surface area contributed by atoms with E-state index in [1.165, 1.54) is 11.0 Å². The molecule has 2 aromatic carbocycles. The predicted octanol–water partition coefficient (Wildman–Crippen LogP) is 1.44. The Morgan fingerprint density at radius 1 is 1.09 bits per heavy atom. The van der Waals surface area contributed by atoms with Crippen LogP contribution in [0.2, 0.25) is 0 Å². The molecule has 11 nitrogen and oxygen atoms in total. The van der Waals surface area contributed by atoms with Crippen molar-refractivity contribution in [3.05, 3.63) is 66.0 Å². The van der Waals surface area contributed by atoms with Gasteiger partial charge in [0, 0.05) is 24.2 Å². The summed E-state index contributed by atoms with van der Waals surface area (Å²) in [4.78, 5) is 53.6. The number of carbonyl (C=O) groups is 4. The van der Waals surface area contributed by atoms with Crippen LogP contribution in [0.1, 0.15) is 35.7 Å². The lowest BCUT2D eigenvalue weighted by molar-refractivity contribution is -0.130. The number of imide groups is 1. The van der Waals surface area contributed by atoms with Gasteiger partial charge in [-0.25, -0.2) is 9.48 Å². The highest BCUT2D eigenvalue weighted by Gasteiger charge is 2.49. The summed E-state index contributed by atoms with van der Waals surface area (Å²) in [6.07, 6.45) is 2.67. The summed E-state index contributed by atoms with van der Waals surface area (Å²) in [6, 6.07) is 13.0. The maximum Gasteiger partial charge on any atom is 0.325 e. The molecule has 2 aliphatic rings. The highest BCUT2D eigenvalue weighted by Crippen LogP contribution is 2.30. The number of carbonyl (C=O) groups excluding carboxylic acids is 4. The Kier molecular flexibility index (Phi) is 5.16. The smallest absolute Gasteiger partial charge is 0.319 e. The van der Waals surface area contributed by atoms with E-state index in [4.69, 9.17) is 0 Å². The lowest BCUT2D eigenvalue weighted by Gasteiger charge is -2.22. The van der Waals surface area contributed by atoms with Crippen LogP contribution in [0.5, 0.6) is 0 Å². The largest absolute Gasteiger partial charge is 0.325 e. The van der Waals surface area contributed by atoms with Crippen LogP contribution in [0.3, 0.4) is 0 Å². The zero-order valence-corrected chi connectivity index (χ0v) is 18.3. The standard InChI is InChI=1S/C23H21N7O4/c1-23(16-6-3-8-18(12-16)30-14-24-26-27-30)21(33)29(22(34)25-23)13-19(31)15-5-2-7-17(11-15)28-10-4-9-20(28)32/h2-3,5-8,11-12,14H,4,9-10,13H2,1H3,(H,25,34)/t23-/m1/s1. The number of benzene rings is 2. The molecule has 2 fully saturated rings. The van der Waals surface area contributed by atoms with E-state index in [1.54, 1.807) is 60.4 Å². The van der Waals surface area contributed by atoms with Gasteiger partial charge in [0.05, 0.1) is 12.2 Å². The molecule has 2 aliphatic heterocycles. The minimum absolute atomic E-state index is 0.0124. The molecule has 11 heteroatoms. The van der Waals surface area contributed by atoms with Gasteiger partial charge in [0.1, 0.15) is 11.9 Å². The molecule has 1 aromatic heterocycles. The fourth-order valence-corrected chi connectivity index (χ4v) is 4.28. The second-order valence-electron chi connectivity index (χ2n) is 8.37. The van der Waals surface area contributed by atoms with Crippen LogP contribution in [0.4, 0.5) is 10.5 Å². The Hall–Kier alpha value is -4.41. The molecule has 3 heterocycles. The first-order valence-corrected chi connectivity index (χ1v) is 10.8. The molecular formula is C23H21N7O4. The van der Waals surface area contributed by atoms with Gasteiger partial charge < -0.3 is 10.2 Å². The molecule has 34 heavy (non-hydrogen) atoms. The quantitative estimate of drug-likeness (QED) is 0.436. The summed E-state index contributed by atoms with van der Waals surface area (Å²) in [5.74, 6) is -0.923. The Labute approximate surface area is 194 Å². The molecule has 0 saturated carbocycles. The molecule has 0 bridgehead atoms. The van der Waals surface area contributed by atoms with Gasteiger partial charge in [-0.2, -0.15) is 0 Å². The predicted molar refractivity (Wildman–Crippen MR) is 119 cm³/mol. The molecular weight excluding hydrogens is 438 g/mol. The van der Waals surface area contributed by atoms with Gasteiger partial charge in [0.2, 0.25) is 5.91 Å². The number of nitrogens with one attached hydrogen (secondary N) is 1. The van der Waals surface area contributed by atoms with Crippen molar-refractivity contribution in [1.82, 2.24) is 30.4 Å². The highest BCUT2D eigenvalue weighted by molar-refractivity contribution is 6.11. The summed E-state index contributed by atoms with van der Waals surface area (Å²) >= 11 is 0. The fraction of sp³-hybridized carbons (Fsp3) is 0.261. The number of urea groups is 1.